The average Bonchev–Trinajstić information content (AvgIpc) is 2.80. The van der Waals surface area contributed by atoms with Crippen molar-refractivity contribution in [3.63, 3.8) is 0 Å². The van der Waals surface area contributed by atoms with Crippen molar-refractivity contribution in [3.8, 4) is 5.75 Å². The van der Waals surface area contributed by atoms with E-state index in [0.29, 0.717) is 11.7 Å². The molecule has 1 unspecified atom stereocenters. The molecule has 0 N–H and O–H groups in total. The number of hydrogen-bond acceptors (Lipinski definition) is 5. The number of aromatic nitrogens is 1. The van der Waals surface area contributed by atoms with Gasteiger partial charge in [-0.2, -0.15) is 0 Å². The van der Waals surface area contributed by atoms with Gasteiger partial charge in [-0.05, 0) is 68.5 Å². The van der Waals surface area contributed by atoms with E-state index < -0.39 is 0 Å². The van der Waals surface area contributed by atoms with Crippen LogP contribution in [0.15, 0.2) is 53.7 Å². The number of amides is 1. The summed E-state index contributed by atoms with van der Waals surface area (Å²) in [5.41, 5.74) is 1.31. The summed E-state index contributed by atoms with van der Waals surface area (Å²) in [4.78, 5) is 22.4. The summed E-state index contributed by atoms with van der Waals surface area (Å²) >= 11 is 1.59. The average molecular weight is 428 g/mol. The number of carbonyl (C=O) groups excluding carboxylic acids is 1. The van der Waals surface area contributed by atoms with Crippen molar-refractivity contribution in [2.24, 2.45) is 5.92 Å². The van der Waals surface area contributed by atoms with E-state index >= 15 is 0 Å². The van der Waals surface area contributed by atoms with Crippen LogP contribution in [0.1, 0.15) is 25.3 Å². The zero-order valence-corrected chi connectivity index (χ0v) is 18.9. The van der Waals surface area contributed by atoms with Gasteiger partial charge in [0.1, 0.15) is 5.75 Å². The van der Waals surface area contributed by atoms with Crippen molar-refractivity contribution in [2.75, 3.05) is 45.6 Å². The highest BCUT2D eigenvalue weighted by atomic mass is 32.2. The molecule has 1 aliphatic heterocycles. The molecule has 5 nitrogen and oxygen atoms in total. The van der Waals surface area contributed by atoms with Gasteiger partial charge in [0.25, 0.3) is 0 Å². The molecule has 0 radical (unpaired) electrons. The summed E-state index contributed by atoms with van der Waals surface area (Å²) in [6, 6.07) is 12.2. The highest BCUT2D eigenvalue weighted by molar-refractivity contribution is 8.00. The number of hydrogen-bond donors (Lipinski definition) is 0. The molecule has 0 spiro atoms. The number of carbonyl (C=O) groups is 1. The first-order valence-corrected chi connectivity index (χ1v) is 11.8. The number of thioether (sulfide) groups is 1. The van der Waals surface area contributed by atoms with Gasteiger partial charge in [0.15, 0.2) is 0 Å². The Labute approximate surface area is 184 Å². The van der Waals surface area contributed by atoms with Crippen LogP contribution in [0.2, 0.25) is 0 Å². The van der Waals surface area contributed by atoms with Gasteiger partial charge in [-0.15, -0.1) is 11.8 Å². The fourth-order valence-corrected chi connectivity index (χ4v) is 4.80. The maximum absolute atomic E-state index is 12.7. The van der Waals surface area contributed by atoms with Crippen LogP contribution >= 0.6 is 11.8 Å². The van der Waals surface area contributed by atoms with Crippen LogP contribution in [0.4, 0.5) is 0 Å². The topological polar surface area (TPSA) is 45.7 Å². The van der Waals surface area contributed by atoms with Gasteiger partial charge in [-0.3, -0.25) is 9.78 Å². The van der Waals surface area contributed by atoms with E-state index in [0.717, 1.165) is 49.8 Å². The summed E-state index contributed by atoms with van der Waals surface area (Å²) in [5.74, 6) is 2.20. The molecule has 1 fully saturated rings. The predicted octanol–water partition coefficient (Wildman–Crippen LogP) is 3.99. The van der Waals surface area contributed by atoms with Crippen molar-refractivity contribution in [2.45, 2.75) is 31.1 Å². The van der Waals surface area contributed by atoms with Crippen LogP contribution in [0, 0.1) is 5.92 Å². The van der Waals surface area contributed by atoms with Crippen molar-refractivity contribution in [1.29, 1.82) is 0 Å². The molecule has 1 atom stereocenters. The van der Waals surface area contributed by atoms with Gasteiger partial charge in [-0.1, -0.05) is 12.1 Å². The first kappa shape index (κ1) is 22.6. The van der Waals surface area contributed by atoms with Crippen LogP contribution in [0.3, 0.4) is 0 Å². The lowest BCUT2D eigenvalue weighted by molar-refractivity contribution is -0.129. The lowest BCUT2D eigenvalue weighted by atomic mass is 9.97. The number of nitrogens with zero attached hydrogens (tertiary/aromatic N) is 3. The van der Waals surface area contributed by atoms with Gasteiger partial charge >= 0.3 is 0 Å². The largest absolute Gasteiger partial charge is 0.497 e. The van der Waals surface area contributed by atoms with Crippen LogP contribution < -0.4 is 4.74 Å². The molecule has 1 aromatic carbocycles. The van der Waals surface area contributed by atoms with E-state index in [1.807, 2.05) is 23.1 Å². The Bertz CT molecular complexity index is 787. The van der Waals surface area contributed by atoms with Crippen molar-refractivity contribution >= 4 is 17.7 Å². The van der Waals surface area contributed by atoms with Gasteiger partial charge in [0, 0.05) is 43.5 Å². The third kappa shape index (κ3) is 7.03. The van der Waals surface area contributed by atoms with E-state index in [-0.39, 0.29) is 5.91 Å². The Morgan fingerprint density at radius 1 is 1.30 bits per heavy atom. The molecule has 162 valence electrons. The smallest absolute Gasteiger partial charge is 0.232 e. The summed E-state index contributed by atoms with van der Waals surface area (Å²) in [6.45, 7) is 7.00. The summed E-state index contributed by atoms with van der Waals surface area (Å²) in [6.07, 6.45) is 6.99. The zero-order chi connectivity index (χ0) is 21.2. The van der Waals surface area contributed by atoms with Gasteiger partial charge in [0.05, 0.1) is 12.9 Å². The summed E-state index contributed by atoms with van der Waals surface area (Å²) in [5, 5.41) is 0. The third-order valence-corrected chi connectivity index (χ3v) is 6.68. The van der Waals surface area contributed by atoms with Crippen LogP contribution in [0.25, 0.3) is 0 Å². The van der Waals surface area contributed by atoms with E-state index in [4.69, 9.17) is 4.74 Å². The molecule has 0 aliphatic carbocycles. The number of benzene rings is 1. The molecule has 2 aromatic rings. The minimum atomic E-state index is 0.229. The molecule has 2 heterocycles. The fraction of sp³-hybridized carbons (Fsp3) is 0.500. The van der Waals surface area contributed by atoms with Crippen molar-refractivity contribution in [1.82, 2.24) is 14.8 Å². The minimum absolute atomic E-state index is 0.229. The number of pyridine rings is 1. The Morgan fingerprint density at radius 3 is 2.90 bits per heavy atom. The maximum Gasteiger partial charge on any atom is 0.232 e. The lowest BCUT2D eigenvalue weighted by Crippen LogP contribution is -2.43. The number of rotatable bonds is 10. The number of ether oxygens (including phenoxy) is 1. The second kappa shape index (κ2) is 12.0. The second-order valence-electron chi connectivity index (χ2n) is 7.81. The van der Waals surface area contributed by atoms with Crippen molar-refractivity contribution in [3.05, 3.63) is 54.4 Å². The first-order chi connectivity index (χ1) is 14.7. The van der Waals surface area contributed by atoms with E-state index in [9.17, 15) is 4.79 Å². The Kier molecular flexibility index (Phi) is 9.02. The van der Waals surface area contributed by atoms with E-state index in [2.05, 4.69) is 35.0 Å². The van der Waals surface area contributed by atoms with Crippen LogP contribution in [-0.4, -0.2) is 66.3 Å². The molecule has 1 aliphatic rings. The maximum atomic E-state index is 12.7. The molecular weight excluding hydrogens is 394 g/mol. The molecule has 1 aromatic heterocycles. The normalized spacial score (nSPS) is 16.9. The highest BCUT2D eigenvalue weighted by Gasteiger charge is 2.23. The van der Waals surface area contributed by atoms with Gasteiger partial charge < -0.3 is 14.5 Å². The second-order valence-corrected chi connectivity index (χ2v) is 8.86. The SMILES string of the molecule is CCN(CC1CCCN(CCc2cccc(OC)c2)C1)C(=O)CSc1ccncc1. The molecule has 6 heteroatoms. The summed E-state index contributed by atoms with van der Waals surface area (Å²) in [7, 11) is 1.71. The standard InChI is InChI=1S/C24H33N3O2S/c1-3-27(24(28)19-30-23-9-12-25-13-10-23)18-21-7-5-14-26(17-21)15-11-20-6-4-8-22(16-20)29-2/h4,6,8-10,12-13,16,21H,3,5,7,11,14-15,17-19H2,1-2H3. The van der Waals surface area contributed by atoms with Crippen LogP contribution in [0.5, 0.6) is 5.75 Å². The molecule has 3 rings (SSSR count). The van der Waals surface area contributed by atoms with E-state index in [1.54, 1.807) is 31.3 Å². The minimum Gasteiger partial charge on any atom is -0.497 e. The van der Waals surface area contributed by atoms with Crippen LogP contribution in [-0.2, 0) is 11.2 Å². The molecule has 0 bridgehead atoms. The zero-order valence-electron chi connectivity index (χ0n) is 18.1. The number of likely N-dealkylation sites (tertiary alicyclic amines) is 1. The monoisotopic (exact) mass is 427 g/mol. The molecule has 30 heavy (non-hydrogen) atoms. The third-order valence-electron chi connectivity index (χ3n) is 5.68. The molecule has 0 saturated carbocycles. The summed E-state index contributed by atoms with van der Waals surface area (Å²) < 4.78 is 5.33. The molecule has 1 amide bonds. The Balaban J connectivity index is 1.45. The highest BCUT2D eigenvalue weighted by Crippen LogP contribution is 2.21. The van der Waals surface area contributed by atoms with E-state index in [1.165, 1.54) is 18.4 Å². The Hall–Kier alpha value is -2.05. The Morgan fingerprint density at radius 2 is 2.13 bits per heavy atom. The van der Waals surface area contributed by atoms with Gasteiger partial charge in [-0.25, -0.2) is 0 Å². The quantitative estimate of drug-likeness (QED) is 0.537. The lowest BCUT2D eigenvalue weighted by Gasteiger charge is -2.35. The fourth-order valence-electron chi connectivity index (χ4n) is 4.01. The van der Waals surface area contributed by atoms with Gasteiger partial charge in [0.2, 0.25) is 5.91 Å². The first-order valence-electron chi connectivity index (χ1n) is 10.8. The molecule has 1 saturated heterocycles. The number of piperidine rings is 1. The van der Waals surface area contributed by atoms with Crippen molar-refractivity contribution < 1.29 is 9.53 Å². The predicted molar refractivity (Wildman–Crippen MR) is 123 cm³/mol. The molecular formula is C24H33N3O2S. The number of methoxy groups -OCH3 is 1.